The Morgan fingerprint density at radius 1 is 1.40 bits per heavy atom. The molecule has 1 aromatic carbocycles. The summed E-state index contributed by atoms with van der Waals surface area (Å²) in [5.41, 5.74) is 1.50. The Kier molecular flexibility index (Phi) is 3.92. The number of carbonyl (C=O) groups excluding carboxylic acids is 1. The van der Waals surface area contributed by atoms with Gasteiger partial charge in [-0.25, -0.2) is 0 Å². The van der Waals surface area contributed by atoms with Gasteiger partial charge in [-0.15, -0.1) is 0 Å². The zero-order valence-electron chi connectivity index (χ0n) is 9.04. The molecule has 0 heterocycles. The van der Waals surface area contributed by atoms with Crippen molar-refractivity contribution in [3.05, 3.63) is 36.4 Å². The number of amides is 1. The van der Waals surface area contributed by atoms with E-state index < -0.39 is 0 Å². The van der Waals surface area contributed by atoms with Crippen LogP contribution >= 0.6 is 0 Å². The second kappa shape index (κ2) is 5.20. The van der Waals surface area contributed by atoms with Gasteiger partial charge in [-0.3, -0.25) is 4.79 Å². The largest absolute Gasteiger partial charge is 0.497 e. The third-order valence-electron chi connectivity index (χ3n) is 2.05. The lowest BCUT2D eigenvalue weighted by Gasteiger charge is -2.08. The molecule has 0 saturated heterocycles. The number of ether oxygens (including phenoxy) is 1. The van der Waals surface area contributed by atoms with E-state index >= 15 is 0 Å². The molecule has 0 fully saturated rings. The number of benzene rings is 1. The molecular weight excluding hydrogens is 190 g/mol. The van der Waals surface area contributed by atoms with Crippen molar-refractivity contribution >= 4 is 11.6 Å². The zero-order chi connectivity index (χ0) is 11.3. The second-order valence-corrected chi connectivity index (χ2v) is 3.11. The number of methoxy groups -OCH3 is 1. The minimum absolute atomic E-state index is 0.0316. The van der Waals surface area contributed by atoms with Crippen molar-refractivity contribution in [2.75, 3.05) is 7.11 Å². The fourth-order valence-corrected chi connectivity index (χ4v) is 1.12. The van der Waals surface area contributed by atoms with Crippen molar-refractivity contribution in [3.63, 3.8) is 0 Å². The lowest BCUT2D eigenvalue weighted by Crippen LogP contribution is -2.19. The molecule has 0 aliphatic heterocycles. The third kappa shape index (κ3) is 3.13. The normalized spacial score (nSPS) is 9.47. The molecule has 0 aromatic heterocycles. The second-order valence-electron chi connectivity index (χ2n) is 3.11. The van der Waals surface area contributed by atoms with Crippen molar-refractivity contribution < 1.29 is 9.53 Å². The summed E-state index contributed by atoms with van der Waals surface area (Å²) < 4.78 is 5.03. The first-order valence-electron chi connectivity index (χ1n) is 4.80. The van der Waals surface area contributed by atoms with E-state index in [-0.39, 0.29) is 5.91 Å². The van der Waals surface area contributed by atoms with Crippen molar-refractivity contribution in [3.8, 4) is 5.75 Å². The van der Waals surface area contributed by atoms with Gasteiger partial charge in [0.15, 0.2) is 0 Å². The summed E-state index contributed by atoms with van der Waals surface area (Å²) in [6, 6.07) is 7.38. The molecule has 0 bridgehead atoms. The summed E-state index contributed by atoms with van der Waals surface area (Å²) in [7, 11) is 1.61. The molecule has 1 N–H and O–H groups in total. The van der Waals surface area contributed by atoms with Crippen molar-refractivity contribution in [1.82, 2.24) is 5.32 Å². The predicted molar refractivity (Wildman–Crippen MR) is 60.5 cm³/mol. The first-order valence-corrected chi connectivity index (χ1v) is 4.80. The van der Waals surface area contributed by atoms with Crippen LogP contribution in [0.2, 0.25) is 0 Å². The number of nitrogens with one attached hydrogen (secondary N) is 1. The highest BCUT2D eigenvalue weighted by molar-refractivity contribution is 5.85. The van der Waals surface area contributed by atoms with Gasteiger partial charge in [-0.1, -0.05) is 13.5 Å². The Balaban J connectivity index is 2.70. The van der Waals surface area contributed by atoms with Crippen LogP contribution in [-0.4, -0.2) is 13.0 Å². The summed E-state index contributed by atoms with van der Waals surface area (Å²) in [6.45, 7) is 5.60. The highest BCUT2D eigenvalue weighted by Crippen LogP contribution is 2.15. The lowest BCUT2D eigenvalue weighted by atomic mass is 10.1. The molecule has 1 rings (SSSR count). The molecule has 0 atom stereocenters. The lowest BCUT2D eigenvalue weighted by molar-refractivity contribution is -0.119. The van der Waals surface area contributed by atoms with Crippen LogP contribution in [0.4, 0.5) is 0 Å². The Hall–Kier alpha value is -1.77. The quantitative estimate of drug-likeness (QED) is 0.818. The Bertz CT molecular complexity index is 354. The fraction of sp³-hybridized carbons (Fsp3) is 0.250. The summed E-state index contributed by atoms with van der Waals surface area (Å²) in [6.07, 6.45) is 0.454. The van der Waals surface area contributed by atoms with E-state index in [9.17, 15) is 4.79 Å². The standard InChI is InChI=1S/C12H15NO2/c1-4-12(14)13-9(2)10-5-7-11(15-3)8-6-10/h5-8H,2,4H2,1,3H3,(H,13,14). The molecule has 0 aliphatic rings. The minimum Gasteiger partial charge on any atom is -0.497 e. The Morgan fingerprint density at radius 2 is 2.00 bits per heavy atom. The van der Waals surface area contributed by atoms with E-state index in [1.807, 2.05) is 24.3 Å². The zero-order valence-corrected chi connectivity index (χ0v) is 9.04. The van der Waals surface area contributed by atoms with Gasteiger partial charge in [0.2, 0.25) is 5.91 Å². The molecule has 15 heavy (non-hydrogen) atoms. The third-order valence-corrected chi connectivity index (χ3v) is 2.05. The fourth-order valence-electron chi connectivity index (χ4n) is 1.12. The van der Waals surface area contributed by atoms with E-state index in [2.05, 4.69) is 11.9 Å². The Labute approximate surface area is 89.8 Å². The molecule has 3 nitrogen and oxygen atoms in total. The van der Waals surface area contributed by atoms with Gasteiger partial charge in [0.05, 0.1) is 7.11 Å². The van der Waals surface area contributed by atoms with Gasteiger partial charge in [0.25, 0.3) is 0 Å². The average Bonchev–Trinajstić information content (AvgIpc) is 2.29. The van der Waals surface area contributed by atoms with E-state index in [1.54, 1.807) is 14.0 Å². The van der Waals surface area contributed by atoms with Gasteiger partial charge in [-0.2, -0.15) is 0 Å². The summed E-state index contributed by atoms with van der Waals surface area (Å²) >= 11 is 0. The van der Waals surface area contributed by atoms with Crippen molar-refractivity contribution in [2.24, 2.45) is 0 Å². The van der Waals surface area contributed by atoms with Crippen LogP contribution in [-0.2, 0) is 4.79 Å². The number of rotatable bonds is 4. The van der Waals surface area contributed by atoms with Crippen molar-refractivity contribution in [2.45, 2.75) is 13.3 Å². The average molecular weight is 205 g/mol. The summed E-state index contributed by atoms with van der Waals surface area (Å²) in [4.78, 5) is 11.1. The molecular formula is C12H15NO2. The maximum Gasteiger partial charge on any atom is 0.224 e. The van der Waals surface area contributed by atoms with Crippen LogP contribution in [0, 0.1) is 0 Å². The van der Waals surface area contributed by atoms with Crippen LogP contribution < -0.4 is 10.1 Å². The van der Waals surface area contributed by atoms with Crippen LogP contribution in [0.25, 0.3) is 5.70 Å². The van der Waals surface area contributed by atoms with Gasteiger partial charge in [-0.05, 0) is 29.8 Å². The molecule has 0 saturated carbocycles. The van der Waals surface area contributed by atoms with Crippen LogP contribution in [0.15, 0.2) is 30.8 Å². The molecule has 3 heteroatoms. The molecule has 1 amide bonds. The first-order chi connectivity index (χ1) is 7.17. The molecule has 80 valence electrons. The van der Waals surface area contributed by atoms with E-state index in [4.69, 9.17) is 4.74 Å². The summed E-state index contributed by atoms with van der Waals surface area (Å²) in [5.74, 6) is 0.754. The minimum atomic E-state index is -0.0316. The maximum absolute atomic E-state index is 11.1. The molecule has 0 unspecified atom stereocenters. The van der Waals surface area contributed by atoms with Crippen molar-refractivity contribution in [1.29, 1.82) is 0 Å². The highest BCUT2D eigenvalue weighted by Gasteiger charge is 2.02. The van der Waals surface area contributed by atoms with Crippen LogP contribution in [0.5, 0.6) is 5.75 Å². The SMILES string of the molecule is C=C(NC(=O)CC)c1ccc(OC)cc1. The topological polar surface area (TPSA) is 38.3 Å². The monoisotopic (exact) mass is 205 g/mol. The molecule has 0 spiro atoms. The Morgan fingerprint density at radius 3 is 2.47 bits per heavy atom. The smallest absolute Gasteiger partial charge is 0.224 e. The van der Waals surface area contributed by atoms with Crippen LogP contribution in [0.1, 0.15) is 18.9 Å². The van der Waals surface area contributed by atoms with Crippen LogP contribution in [0.3, 0.4) is 0 Å². The summed E-state index contributed by atoms with van der Waals surface area (Å²) in [5, 5.41) is 2.71. The molecule has 1 aromatic rings. The number of hydrogen-bond donors (Lipinski definition) is 1. The maximum atomic E-state index is 11.1. The van der Waals surface area contributed by atoms with Gasteiger partial charge in [0, 0.05) is 12.1 Å². The van der Waals surface area contributed by atoms with E-state index in [1.165, 1.54) is 0 Å². The highest BCUT2D eigenvalue weighted by atomic mass is 16.5. The van der Waals surface area contributed by atoms with E-state index in [0.717, 1.165) is 11.3 Å². The predicted octanol–water partition coefficient (Wildman–Crippen LogP) is 2.19. The van der Waals surface area contributed by atoms with Gasteiger partial charge in [0.1, 0.15) is 5.75 Å². The van der Waals surface area contributed by atoms with Gasteiger partial charge < -0.3 is 10.1 Å². The molecule has 0 radical (unpaired) electrons. The van der Waals surface area contributed by atoms with E-state index in [0.29, 0.717) is 12.1 Å². The number of hydrogen-bond acceptors (Lipinski definition) is 2. The first kappa shape index (κ1) is 11.3. The van der Waals surface area contributed by atoms with Gasteiger partial charge >= 0.3 is 0 Å². The molecule has 0 aliphatic carbocycles. The number of carbonyl (C=O) groups is 1.